The molecule has 0 aliphatic heterocycles. The van der Waals surface area contributed by atoms with E-state index in [4.69, 9.17) is 9.84 Å². The molecule has 8 heteroatoms. The number of aliphatic hydroxyl groups is 1. The number of alkyl halides is 2. The Morgan fingerprint density at radius 3 is 3.06 bits per heavy atom. The van der Waals surface area contributed by atoms with Gasteiger partial charge in [0.25, 0.3) is 5.92 Å². The van der Waals surface area contributed by atoms with Crippen molar-refractivity contribution in [2.45, 2.75) is 12.5 Å². The van der Waals surface area contributed by atoms with Crippen molar-refractivity contribution in [2.75, 3.05) is 20.3 Å². The number of nitrogens with one attached hydrogen (secondary N) is 1. The van der Waals surface area contributed by atoms with E-state index in [2.05, 4.69) is 10.3 Å². The monoisotopic (exact) mass is 277 g/mol. The Balaban J connectivity index is 2.08. The Bertz CT molecular complexity index is 526. The quantitative estimate of drug-likeness (QED) is 0.831. The van der Waals surface area contributed by atoms with E-state index in [0.717, 1.165) is 4.96 Å². The minimum Gasteiger partial charge on any atom is -0.480 e. The van der Waals surface area contributed by atoms with Crippen LogP contribution in [0.4, 0.5) is 8.78 Å². The molecule has 0 atom stereocenters. The highest BCUT2D eigenvalue weighted by Crippen LogP contribution is 2.23. The van der Waals surface area contributed by atoms with E-state index < -0.39 is 19.1 Å². The lowest BCUT2D eigenvalue weighted by Gasteiger charge is -2.13. The molecule has 0 saturated heterocycles. The van der Waals surface area contributed by atoms with Crippen LogP contribution in [0, 0.1) is 0 Å². The number of rotatable bonds is 6. The highest BCUT2D eigenvalue weighted by atomic mass is 32.1. The Hall–Kier alpha value is -1.25. The number of thiazole rings is 1. The van der Waals surface area contributed by atoms with Crippen molar-refractivity contribution in [1.29, 1.82) is 0 Å². The molecular weight excluding hydrogens is 264 g/mol. The normalized spacial score (nSPS) is 12.2. The average molecular weight is 277 g/mol. The summed E-state index contributed by atoms with van der Waals surface area (Å²) < 4.78 is 32.6. The molecule has 0 fully saturated rings. The van der Waals surface area contributed by atoms with Crippen LogP contribution in [0.3, 0.4) is 0 Å². The smallest absolute Gasteiger partial charge is 0.282 e. The van der Waals surface area contributed by atoms with Crippen molar-refractivity contribution in [3.8, 4) is 5.88 Å². The summed E-state index contributed by atoms with van der Waals surface area (Å²) in [6.07, 6.45) is 1.80. The molecule has 0 spiro atoms. The molecule has 0 aliphatic rings. The van der Waals surface area contributed by atoms with Gasteiger partial charge in [-0.3, -0.25) is 4.40 Å². The maximum atomic E-state index is 12.9. The van der Waals surface area contributed by atoms with Crippen LogP contribution in [0.2, 0.25) is 0 Å². The van der Waals surface area contributed by atoms with Crippen LogP contribution in [0.1, 0.15) is 5.69 Å². The number of aliphatic hydroxyl groups excluding tert-OH is 1. The standard InChI is InChI=1S/C10H13F2N3O2S/c1-17-8-7(4-13-5-10(11,12)6-16)15-2-3-18-9(15)14-8/h2-3,13,16H,4-6H2,1H3. The molecule has 0 radical (unpaired) electrons. The summed E-state index contributed by atoms with van der Waals surface area (Å²) in [4.78, 5) is 4.96. The highest BCUT2D eigenvalue weighted by Gasteiger charge is 2.27. The second-order valence-corrected chi connectivity index (χ2v) is 4.61. The molecule has 0 saturated carbocycles. The first-order valence-electron chi connectivity index (χ1n) is 5.25. The van der Waals surface area contributed by atoms with Crippen LogP contribution in [0.15, 0.2) is 11.6 Å². The van der Waals surface area contributed by atoms with Crippen molar-refractivity contribution in [3.05, 3.63) is 17.3 Å². The molecule has 2 heterocycles. The van der Waals surface area contributed by atoms with Crippen LogP contribution < -0.4 is 10.1 Å². The number of aromatic nitrogens is 2. The van der Waals surface area contributed by atoms with Gasteiger partial charge in [0.2, 0.25) is 5.88 Å². The van der Waals surface area contributed by atoms with Gasteiger partial charge in [-0.15, -0.1) is 11.3 Å². The lowest BCUT2D eigenvalue weighted by atomic mass is 10.3. The fourth-order valence-electron chi connectivity index (χ4n) is 1.56. The van der Waals surface area contributed by atoms with E-state index in [9.17, 15) is 8.78 Å². The van der Waals surface area contributed by atoms with Crippen molar-refractivity contribution in [1.82, 2.24) is 14.7 Å². The predicted octanol–water partition coefficient (Wildman–Crippen LogP) is 1.12. The molecule has 2 N–H and O–H groups in total. The van der Waals surface area contributed by atoms with E-state index in [0.29, 0.717) is 11.6 Å². The Morgan fingerprint density at radius 1 is 1.61 bits per heavy atom. The van der Waals surface area contributed by atoms with E-state index in [1.807, 2.05) is 5.38 Å². The summed E-state index contributed by atoms with van der Waals surface area (Å²) in [5.41, 5.74) is 0.683. The molecule has 0 aromatic carbocycles. The average Bonchev–Trinajstić information content (AvgIpc) is 2.90. The molecule has 0 unspecified atom stereocenters. The van der Waals surface area contributed by atoms with Gasteiger partial charge >= 0.3 is 0 Å². The molecule has 2 aromatic rings. The maximum absolute atomic E-state index is 12.9. The Kier molecular flexibility index (Phi) is 3.79. The van der Waals surface area contributed by atoms with Gasteiger partial charge in [-0.25, -0.2) is 8.78 Å². The van der Waals surface area contributed by atoms with Crippen LogP contribution in [-0.2, 0) is 6.54 Å². The molecule has 0 aliphatic carbocycles. The first kappa shape index (κ1) is 13.2. The van der Waals surface area contributed by atoms with Crippen LogP contribution in [-0.4, -0.2) is 40.7 Å². The third kappa shape index (κ3) is 2.60. The Morgan fingerprint density at radius 2 is 2.39 bits per heavy atom. The molecular formula is C10H13F2N3O2S. The van der Waals surface area contributed by atoms with Gasteiger partial charge in [-0.1, -0.05) is 0 Å². The van der Waals surface area contributed by atoms with Crippen molar-refractivity contribution < 1.29 is 18.6 Å². The summed E-state index contributed by atoms with van der Waals surface area (Å²) in [6, 6.07) is 0. The van der Waals surface area contributed by atoms with Gasteiger partial charge in [0.05, 0.1) is 13.7 Å². The zero-order valence-corrected chi connectivity index (χ0v) is 10.5. The van der Waals surface area contributed by atoms with Gasteiger partial charge in [0, 0.05) is 18.1 Å². The summed E-state index contributed by atoms with van der Waals surface area (Å²) in [6.45, 7) is -1.57. The summed E-state index contributed by atoms with van der Waals surface area (Å²) in [7, 11) is 1.48. The van der Waals surface area contributed by atoms with Gasteiger partial charge in [-0.05, 0) is 0 Å². The topological polar surface area (TPSA) is 58.8 Å². The minimum atomic E-state index is -3.12. The predicted molar refractivity (Wildman–Crippen MR) is 63.4 cm³/mol. The minimum absolute atomic E-state index is 0.191. The first-order chi connectivity index (χ1) is 8.57. The zero-order chi connectivity index (χ0) is 13.2. The van der Waals surface area contributed by atoms with E-state index >= 15 is 0 Å². The summed E-state index contributed by atoms with van der Waals surface area (Å²) in [5, 5.41) is 12.9. The number of hydrogen-bond acceptors (Lipinski definition) is 5. The molecule has 2 rings (SSSR count). The highest BCUT2D eigenvalue weighted by molar-refractivity contribution is 7.15. The molecule has 0 bridgehead atoms. The zero-order valence-electron chi connectivity index (χ0n) is 9.69. The number of imidazole rings is 1. The van der Waals surface area contributed by atoms with Gasteiger partial charge in [0.15, 0.2) is 4.96 Å². The van der Waals surface area contributed by atoms with Gasteiger partial charge in [0.1, 0.15) is 12.3 Å². The lowest BCUT2D eigenvalue weighted by Crippen LogP contribution is -2.35. The van der Waals surface area contributed by atoms with E-state index in [1.165, 1.54) is 18.4 Å². The largest absolute Gasteiger partial charge is 0.480 e. The third-order valence-electron chi connectivity index (χ3n) is 2.43. The van der Waals surface area contributed by atoms with E-state index in [1.54, 1.807) is 10.6 Å². The van der Waals surface area contributed by atoms with Crippen LogP contribution in [0.5, 0.6) is 5.88 Å². The number of ether oxygens (including phenoxy) is 1. The van der Waals surface area contributed by atoms with Crippen molar-refractivity contribution in [2.24, 2.45) is 0 Å². The van der Waals surface area contributed by atoms with Crippen LogP contribution >= 0.6 is 11.3 Å². The Labute approximate surface area is 106 Å². The maximum Gasteiger partial charge on any atom is 0.282 e. The summed E-state index contributed by atoms with van der Waals surface area (Å²) >= 11 is 1.44. The van der Waals surface area contributed by atoms with Gasteiger partial charge in [-0.2, -0.15) is 4.98 Å². The van der Waals surface area contributed by atoms with Crippen molar-refractivity contribution >= 4 is 16.3 Å². The number of fused-ring (bicyclic) bond motifs is 1. The number of hydrogen-bond donors (Lipinski definition) is 2. The second kappa shape index (κ2) is 5.17. The second-order valence-electron chi connectivity index (χ2n) is 3.74. The lowest BCUT2D eigenvalue weighted by molar-refractivity contribution is -0.0478. The molecule has 0 amide bonds. The van der Waals surface area contributed by atoms with Crippen LogP contribution in [0.25, 0.3) is 4.96 Å². The molecule has 5 nitrogen and oxygen atoms in total. The number of methoxy groups -OCH3 is 1. The summed E-state index contributed by atoms with van der Waals surface area (Å²) in [5.74, 6) is -2.70. The molecule has 2 aromatic heterocycles. The molecule has 100 valence electrons. The number of halogens is 2. The number of nitrogens with zero attached hydrogens (tertiary/aromatic N) is 2. The van der Waals surface area contributed by atoms with Gasteiger partial charge < -0.3 is 15.2 Å². The first-order valence-corrected chi connectivity index (χ1v) is 6.13. The fraction of sp³-hybridized carbons (Fsp3) is 0.500. The fourth-order valence-corrected chi connectivity index (χ4v) is 2.28. The van der Waals surface area contributed by atoms with E-state index in [-0.39, 0.29) is 6.54 Å². The SMILES string of the molecule is COc1nc2sccn2c1CNCC(F)(F)CO. The van der Waals surface area contributed by atoms with Crippen molar-refractivity contribution in [3.63, 3.8) is 0 Å². The molecule has 18 heavy (non-hydrogen) atoms. The third-order valence-corrected chi connectivity index (χ3v) is 3.18.